The Bertz CT molecular complexity index is 597. The lowest BCUT2D eigenvalue weighted by atomic mass is 10.1. The molecule has 0 bridgehead atoms. The van der Waals surface area contributed by atoms with E-state index in [0.29, 0.717) is 16.3 Å². The topological polar surface area (TPSA) is 41.1 Å². The van der Waals surface area contributed by atoms with Crippen molar-refractivity contribution >= 4 is 17.4 Å². The summed E-state index contributed by atoms with van der Waals surface area (Å²) in [4.78, 5) is 11.0. The van der Waals surface area contributed by atoms with Gasteiger partial charge in [-0.2, -0.15) is 0 Å². The van der Waals surface area contributed by atoms with Crippen LogP contribution >= 0.6 is 11.6 Å². The number of piperazine rings is 1. The number of rotatable bonds is 2. The van der Waals surface area contributed by atoms with Crippen LogP contribution in [0.2, 0.25) is 5.02 Å². The van der Waals surface area contributed by atoms with E-state index in [1.165, 1.54) is 12.1 Å². The van der Waals surface area contributed by atoms with E-state index in [1.807, 2.05) is 0 Å². The molecule has 1 aromatic carbocycles. The third-order valence-electron chi connectivity index (χ3n) is 3.29. The number of nitrogens with zero attached hydrogens (tertiary/aromatic N) is 3. The van der Waals surface area contributed by atoms with Gasteiger partial charge >= 0.3 is 0 Å². The third kappa shape index (κ3) is 2.73. The largest absolute Gasteiger partial charge is 0.353 e. The summed E-state index contributed by atoms with van der Waals surface area (Å²) in [7, 11) is 0. The fourth-order valence-electron chi connectivity index (χ4n) is 2.21. The van der Waals surface area contributed by atoms with Gasteiger partial charge in [-0.1, -0.05) is 11.6 Å². The third-order valence-corrected chi connectivity index (χ3v) is 3.60. The van der Waals surface area contributed by atoms with Crippen LogP contribution in [0.1, 0.15) is 0 Å². The first-order chi connectivity index (χ1) is 9.74. The van der Waals surface area contributed by atoms with Crippen molar-refractivity contribution in [2.45, 2.75) is 0 Å². The molecule has 6 heteroatoms. The summed E-state index contributed by atoms with van der Waals surface area (Å²) in [5.41, 5.74) is 1.33. The molecule has 2 heterocycles. The van der Waals surface area contributed by atoms with Crippen molar-refractivity contribution < 1.29 is 4.39 Å². The Morgan fingerprint density at radius 3 is 2.60 bits per heavy atom. The summed E-state index contributed by atoms with van der Waals surface area (Å²) < 4.78 is 13.0. The lowest BCUT2D eigenvalue weighted by Crippen LogP contribution is -2.43. The van der Waals surface area contributed by atoms with Crippen molar-refractivity contribution in [2.75, 3.05) is 31.1 Å². The summed E-state index contributed by atoms with van der Waals surface area (Å²) in [5.74, 6) is 0.498. The Hall–Kier alpha value is -1.72. The number of hydrogen-bond acceptors (Lipinski definition) is 4. The van der Waals surface area contributed by atoms with Gasteiger partial charge in [-0.15, -0.1) is 0 Å². The Kier molecular flexibility index (Phi) is 3.80. The van der Waals surface area contributed by atoms with E-state index in [-0.39, 0.29) is 5.82 Å². The zero-order valence-electron chi connectivity index (χ0n) is 10.8. The van der Waals surface area contributed by atoms with Gasteiger partial charge in [0.15, 0.2) is 0 Å². The summed E-state index contributed by atoms with van der Waals surface area (Å²) in [6, 6.07) is 4.27. The number of hydrogen-bond donors (Lipinski definition) is 1. The molecule has 0 amide bonds. The van der Waals surface area contributed by atoms with Crippen LogP contribution < -0.4 is 10.2 Å². The van der Waals surface area contributed by atoms with Crippen LogP contribution in [0, 0.1) is 5.82 Å². The number of nitrogens with one attached hydrogen (secondary N) is 1. The SMILES string of the molecule is Fc1ccc(-c2cnc(N3CCNCC3)cn2)c(Cl)c1. The molecule has 1 aliphatic heterocycles. The van der Waals surface area contributed by atoms with Crippen molar-refractivity contribution in [2.24, 2.45) is 0 Å². The van der Waals surface area contributed by atoms with Gasteiger partial charge in [-0.05, 0) is 18.2 Å². The number of benzene rings is 1. The van der Waals surface area contributed by atoms with E-state index in [2.05, 4.69) is 20.2 Å². The summed E-state index contributed by atoms with van der Waals surface area (Å²) in [6.07, 6.45) is 3.41. The zero-order chi connectivity index (χ0) is 13.9. The zero-order valence-corrected chi connectivity index (χ0v) is 11.6. The van der Waals surface area contributed by atoms with E-state index in [4.69, 9.17) is 11.6 Å². The predicted molar refractivity (Wildman–Crippen MR) is 77.5 cm³/mol. The van der Waals surface area contributed by atoms with Crippen LogP contribution in [-0.4, -0.2) is 36.1 Å². The van der Waals surface area contributed by atoms with E-state index in [1.54, 1.807) is 18.5 Å². The summed E-state index contributed by atoms with van der Waals surface area (Å²) in [6.45, 7) is 3.75. The van der Waals surface area contributed by atoms with Crippen LogP contribution in [0.4, 0.5) is 10.2 Å². The van der Waals surface area contributed by atoms with Gasteiger partial charge < -0.3 is 10.2 Å². The van der Waals surface area contributed by atoms with E-state index in [0.717, 1.165) is 32.0 Å². The first kappa shape index (κ1) is 13.3. The molecule has 1 aliphatic rings. The smallest absolute Gasteiger partial charge is 0.147 e. The van der Waals surface area contributed by atoms with E-state index in [9.17, 15) is 4.39 Å². The molecule has 1 aromatic heterocycles. The maximum atomic E-state index is 13.0. The molecule has 3 rings (SSSR count). The summed E-state index contributed by atoms with van der Waals surface area (Å²) >= 11 is 6.03. The Balaban J connectivity index is 1.85. The van der Waals surface area contributed by atoms with Gasteiger partial charge in [0.1, 0.15) is 11.6 Å². The first-order valence-electron chi connectivity index (χ1n) is 6.47. The van der Waals surface area contributed by atoms with Gasteiger partial charge in [-0.25, -0.2) is 9.37 Å². The Labute approximate surface area is 121 Å². The molecule has 1 fully saturated rings. The maximum absolute atomic E-state index is 13.0. The lowest BCUT2D eigenvalue weighted by Gasteiger charge is -2.28. The van der Waals surface area contributed by atoms with Crippen LogP contribution in [-0.2, 0) is 0 Å². The molecular weight excluding hydrogens is 279 g/mol. The Morgan fingerprint density at radius 2 is 1.95 bits per heavy atom. The first-order valence-corrected chi connectivity index (χ1v) is 6.85. The van der Waals surface area contributed by atoms with Gasteiger partial charge in [-0.3, -0.25) is 4.98 Å². The highest BCUT2D eigenvalue weighted by molar-refractivity contribution is 6.33. The molecule has 0 saturated carbocycles. The van der Waals surface area contributed by atoms with Crippen LogP contribution in [0.25, 0.3) is 11.3 Å². The van der Waals surface area contributed by atoms with Gasteiger partial charge in [0, 0.05) is 31.7 Å². The predicted octanol–water partition coefficient (Wildman–Crippen LogP) is 2.35. The normalized spacial score (nSPS) is 15.4. The molecule has 0 aliphatic carbocycles. The minimum absolute atomic E-state index is 0.342. The highest BCUT2D eigenvalue weighted by atomic mass is 35.5. The molecule has 0 atom stereocenters. The van der Waals surface area contributed by atoms with Crippen LogP contribution in [0.5, 0.6) is 0 Å². The number of aromatic nitrogens is 2. The highest BCUT2D eigenvalue weighted by Crippen LogP contribution is 2.27. The number of halogens is 2. The van der Waals surface area contributed by atoms with Gasteiger partial charge in [0.25, 0.3) is 0 Å². The molecule has 104 valence electrons. The molecule has 20 heavy (non-hydrogen) atoms. The van der Waals surface area contributed by atoms with Crippen LogP contribution in [0.15, 0.2) is 30.6 Å². The van der Waals surface area contributed by atoms with E-state index >= 15 is 0 Å². The van der Waals surface area contributed by atoms with Crippen molar-refractivity contribution in [3.8, 4) is 11.3 Å². The fourth-order valence-corrected chi connectivity index (χ4v) is 2.48. The highest BCUT2D eigenvalue weighted by Gasteiger charge is 2.13. The second kappa shape index (κ2) is 5.73. The maximum Gasteiger partial charge on any atom is 0.147 e. The van der Waals surface area contributed by atoms with Crippen molar-refractivity contribution in [3.05, 3.63) is 41.4 Å². The quantitative estimate of drug-likeness (QED) is 0.922. The minimum Gasteiger partial charge on any atom is -0.353 e. The van der Waals surface area contributed by atoms with Crippen LogP contribution in [0.3, 0.4) is 0 Å². The molecule has 1 N–H and O–H groups in total. The second-order valence-electron chi connectivity index (χ2n) is 4.62. The fraction of sp³-hybridized carbons (Fsp3) is 0.286. The van der Waals surface area contributed by atoms with Gasteiger partial charge in [0.2, 0.25) is 0 Å². The van der Waals surface area contributed by atoms with Crippen molar-refractivity contribution in [1.82, 2.24) is 15.3 Å². The average Bonchev–Trinajstić information content (AvgIpc) is 2.48. The molecule has 4 nitrogen and oxygen atoms in total. The molecular formula is C14H14ClFN4. The summed E-state index contributed by atoms with van der Waals surface area (Å²) in [5, 5.41) is 3.63. The van der Waals surface area contributed by atoms with E-state index < -0.39 is 0 Å². The molecule has 2 aromatic rings. The Morgan fingerprint density at radius 1 is 1.15 bits per heavy atom. The number of anilines is 1. The van der Waals surface area contributed by atoms with Crippen molar-refractivity contribution in [3.63, 3.8) is 0 Å². The molecule has 0 radical (unpaired) electrons. The molecule has 0 spiro atoms. The molecule has 0 unspecified atom stereocenters. The molecule has 1 saturated heterocycles. The van der Waals surface area contributed by atoms with Gasteiger partial charge in [0.05, 0.1) is 23.1 Å². The lowest BCUT2D eigenvalue weighted by molar-refractivity contribution is 0.584. The standard InChI is InChI=1S/C14H14ClFN4/c15-12-7-10(16)1-2-11(12)13-8-19-14(9-18-13)20-5-3-17-4-6-20/h1-2,7-9,17H,3-6H2. The monoisotopic (exact) mass is 292 g/mol. The average molecular weight is 293 g/mol. The second-order valence-corrected chi connectivity index (χ2v) is 5.03. The minimum atomic E-state index is -0.357. The van der Waals surface area contributed by atoms with Crippen molar-refractivity contribution in [1.29, 1.82) is 0 Å².